The highest BCUT2D eigenvalue weighted by molar-refractivity contribution is 5.51. The number of nitrogens with zero attached hydrogens (tertiary/aromatic N) is 2. The first kappa shape index (κ1) is 12.5. The lowest BCUT2D eigenvalue weighted by molar-refractivity contribution is 0.299. The molecular formula is C14H19N3O. The van der Waals surface area contributed by atoms with Crippen LogP contribution < -0.4 is 10.5 Å². The number of aromatic nitrogens is 2. The summed E-state index contributed by atoms with van der Waals surface area (Å²) >= 11 is 0. The molecule has 0 amide bonds. The highest BCUT2D eigenvalue weighted by Gasteiger charge is 2.01. The zero-order valence-corrected chi connectivity index (χ0v) is 10.9. The molecule has 0 aliphatic heterocycles. The molecule has 0 saturated heterocycles. The van der Waals surface area contributed by atoms with Crippen molar-refractivity contribution in [3.63, 3.8) is 0 Å². The summed E-state index contributed by atoms with van der Waals surface area (Å²) in [6.45, 7) is 5.58. The minimum absolute atomic E-state index is 0.645. The van der Waals surface area contributed by atoms with Crippen LogP contribution in [0.5, 0.6) is 5.75 Å². The van der Waals surface area contributed by atoms with E-state index in [2.05, 4.69) is 18.1 Å². The quantitative estimate of drug-likeness (QED) is 0.650. The standard InChI is InChI=1S/C14H19N3O/c1-11-10-12(2)17(16-11)8-5-9-18-14-7-4-3-6-13(14)15/h3-4,6-7,10H,5,8-9,15H2,1-2H3. The minimum atomic E-state index is 0.645. The molecule has 0 fully saturated rings. The molecule has 1 aromatic carbocycles. The summed E-state index contributed by atoms with van der Waals surface area (Å²) in [5.41, 5.74) is 8.73. The third-order valence-corrected chi connectivity index (χ3v) is 2.79. The van der Waals surface area contributed by atoms with Crippen molar-refractivity contribution < 1.29 is 4.74 Å². The Morgan fingerprint density at radius 2 is 2.06 bits per heavy atom. The third kappa shape index (κ3) is 3.03. The van der Waals surface area contributed by atoms with Gasteiger partial charge in [0.15, 0.2) is 0 Å². The SMILES string of the molecule is Cc1cc(C)n(CCCOc2ccccc2N)n1. The predicted molar refractivity (Wildman–Crippen MR) is 72.7 cm³/mol. The van der Waals surface area contributed by atoms with Crippen LogP contribution in [0.4, 0.5) is 5.69 Å². The van der Waals surface area contributed by atoms with Gasteiger partial charge in [-0.1, -0.05) is 12.1 Å². The van der Waals surface area contributed by atoms with Gasteiger partial charge in [0.25, 0.3) is 0 Å². The largest absolute Gasteiger partial charge is 0.491 e. The van der Waals surface area contributed by atoms with E-state index < -0.39 is 0 Å². The molecule has 1 heterocycles. The molecule has 1 aromatic heterocycles. The van der Waals surface area contributed by atoms with E-state index in [1.165, 1.54) is 5.69 Å². The van der Waals surface area contributed by atoms with Crippen LogP contribution in [0.1, 0.15) is 17.8 Å². The van der Waals surface area contributed by atoms with Gasteiger partial charge in [0.1, 0.15) is 5.75 Å². The van der Waals surface area contributed by atoms with Crippen LogP contribution >= 0.6 is 0 Å². The number of nitrogens with two attached hydrogens (primary N) is 1. The van der Waals surface area contributed by atoms with Crippen LogP contribution in [0, 0.1) is 13.8 Å². The van der Waals surface area contributed by atoms with E-state index in [0.717, 1.165) is 24.4 Å². The number of hydrogen-bond acceptors (Lipinski definition) is 3. The maximum absolute atomic E-state index is 5.80. The number of hydrogen-bond donors (Lipinski definition) is 1. The predicted octanol–water partition coefficient (Wildman–Crippen LogP) is 2.55. The normalized spacial score (nSPS) is 10.6. The number of aryl methyl sites for hydroxylation is 3. The molecule has 4 nitrogen and oxygen atoms in total. The number of benzene rings is 1. The van der Waals surface area contributed by atoms with Gasteiger partial charge in [0.2, 0.25) is 0 Å². The molecule has 0 radical (unpaired) electrons. The van der Waals surface area contributed by atoms with E-state index >= 15 is 0 Å². The Morgan fingerprint density at radius 3 is 2.72 bits per heavy atom. The summed E-state index contributed by atoms with van der Waals surface area (Å²) in [6, 6.07) is 9.63. The lowest BCUT2D eigenvalue weighted by Crippen LogP contribution is -2.07. The Labute approximate surface area is 107 Å². The van der Waals surface area contributed by atoms with E-state index in [4.69, 9.17) is 10.5 Å². The molecule has 0 spiro atoms. The van der Waals surface area contributed by atoms with E-state index in [-0.39, 0.29) is 0 Å². The van der Waals surface area contributed by atoms with Gasteiger partial charge in [-0.2, -0.15) is 5.10 Å². The van der Waals surface area contributed by atoms with Crippen LogP contribution in [-0.4, -0.2) is 16.4 Å². The van der Waals surface area contributed by atoms with Crippen molar-refractivity contribution in [2.45, 2.75) is 26.8 Å². The van der Waals surface area contributed by atoms with Gasteiger partial charge in [-0.25, -0.2) is 0 Å². The number of anilines is 1. The Morgan fingerprint density at radius 1 is 1.28 bits per heavy atom. The van der Waals surface area contributed by atoms with Gasteiger partial charge in [-0.15, -0.1) is 0 Å². The lowest BCUT2D eigenvalue weighted by atomic mass is 10.3. The molecule has 0 saturated carbocycles. The smallest absolute Gasteiger partial charge is 0.142 e. The van der Waals surface area contributed by atoms with Crippen molar-refractivity contribution in [2.24, 2.45) is 0 Å². The first-order valence-electron chi connectivity index (χ1n) is 6.15. The van der Waals surface area contributed by atoms with Crippen molar-refractivity contribution >= 4 is 5.69 Å². The Kier molecular flexibility index (Phi) is 3.87. The Balaban J connectivity index is 1.80. The van der Waals surface area contributed by atoms with Crippen molar-refractivity contribution in [2.75, 3.05) is 12.3 Å². The molecule has 2 aromatic rings. The molecule has 4 heteroatoms. The minimum Gasteiger partial charge on any atom is -0.491 e. The van der Waals surface area contributed by atoms with Crippen LogP contribution in [0.3, 0.4) is 0 Å². The second kappa shape index (κ2) is 5.58. The van der Waals surface area contributed by atoms with Crippen molar-refractivity contribution in [3.05, 3.63) is 41.7 Å². The summed E-state index contributed by atoms with van der Waals surface area (Å²) in [5, 5.41) is 4.41. The summed E-state index contributed by atoms with van der Waals surface area (Å²) in [7, 11) is 0. The second-order valence-corrected chi connectivity index (χ2v) is 4.39. The maximum Gasteiger partial charge on any atom is 0.142 e. The molecular weight excluding hydrogens is 226 g/mol. The van der Waals surface area contributed by atoms with E-state index in [0.29, 0.717) is 12.3 Å². The number of nitrogen functional groups attached to an aromatic ring is 1. The van der Waals surface area contributed by atoms with Gasteiger partial charge in [0, 0.05) is 18.7 Å². The van der Waals surface area contributed by atoms with Crippen LogP contribution in [0.15, 0.2) is 30.3 Å². The topological polar surface area (TPSA) is 53.1 Å². The van der Waals surface area contributed by atoms with Crippen LogP contribution in [-0.2, 0) is 6.54 Å². The van der Waals surface area contributed by atoms with Crippen molar-refractivity contribution in [3.8, 4) is 5.75 Å². The summed E-state index contributed by atoms with van der Waals surface area (Å²) < 4.78 is 7.65. The van der Waals surface area contributed by atoms with Gasteiger partial charge in [0.05, 0.1) is 18.0 Å². The first-order valence-corrected chi connectivity index (χ1v) is 6.15. The number of ether oxygens (including phenoxy) is 1. The fraction of sp³-hybridized carbons (Fsp3) is 0.357. The fourth-order valence-corrected chi connectivity index (χ4v) is 1.91. The molecule has 0 aliphatic carbocycles. The molecule has 0 bridgehead atoms. The van der Waals surface area contributed by atoms with Gasteiger partial charge < -0.3 is 10.5 Å². The lowest BCUT2D eigenvalue weighted by Gasteiger charge is -2.09. The van der Waals surface area contributed by atoms with Crippen molar-refractivity contribution in [1.29, 1.82) is 0 Å². The van der Waals surface area contributed by atoms with Gasteiger partial charge in [-0.3, -0.25) is 4.68 Å². The zero-order valence-electron chi connectivity index (χ0n) is 10.9. The molecule has 2 N–H and O–H groups in total. The molecule has 18 heavy (non-hydrogen) atoms. The third-order valence-electron chi connectivity index (χ3n) is 2.79. The van der Waals surface area contributed by atoms with E-state index in [1.54, 1.807) is 0 Å². The molecule has 96 valence electrons. The molecule has 0 unspecified atom stereocenters. The van der Waals surface area contributed by atoms with Gasteiger partial charge in [-0.05, 0) is 32.0 Å². The summed E-state index contributed by atoms with van der Waals surface area (Å²) in [6.07, 6.45) is 0.913. The van der Waals surface area contributed by atoms with Crippen molar-refractivity contribution in [1.82, 2.24) is 9.78 Å². The van der Waals surface area contributed by atoms with Gasteiger partial charge >= 0.3 is 0 Å². The molecule has 0 atom stereocenters. The summed E-state index contributed by atoms with van der Waals surface area (Å²) in [4.78, 5) is 0. The molecule has 0 aliphatic rings. The summed E-state index contributed by atoms with van der Waals surface area (Å²) in [5.74, 6) is 0.755. The Bertz CT molecular complexity index is 520. The van der Waals surface area contributed by atoms with Crippen LogP contribution in [0.25, 0.3) is 0 Å². The second-order valence-electron chi connectivity index (χ2n) is 4.39. The average molecular weight is 245 g/mol. The number of para-hydroxylation sites is 2. The maximum atomic E-state index is 5.80. The monoisotopic (exact) mass is 245 g/mol. The van der Waals surface area contributed by atoms with E-state index in [1.807, 2.05) is 35.9 Å². The number of rotatable bonds is 5. The zero-order chi connectivity index (χ0) is 13.0. The average Bonchev–Trinajstić information content (AvgIpc) is 2.65. The van der Waals surface area contributed by atoms with E-state index in [9.17, 15) is 0 Å². The Hall–Kier alpha value is -1.97. The first-order chi connectivity index (χ1) is 8.66. The fourth-order valence-electron chi connectivity index (χ4n) is 1.91. The highest BCUT2D eigenvalue weighted by atomic mass is 16.5. The molecule has 2 rings (SSSR count). The highest BCUT2D eigenvalue weighted by Crippen LogP contribution is 2.19. The van der Waals surface area contributed by atoms with Crippen LogP contribution in [0.2, 0.25) is 0 Å².